The van der Waals surface area contributed by atoms with Gasteiger partial charge >= 0.3 is 0 Å². The predicted octanol–water partition coefficient (Wildman–Crippen LogP) is 12.0. The van der Waals surface area contributed by atoms with Crippen LogP contribution in [-0.4, -0.2) is 49.3 Å². The van der Waals surface area contributed by atoms with Crippen LogP contribution in [0.15, 0.2) is 0 Å². The first-order chi connectivity index (χ1) is 32.9. The molecular weight excluding hydrogens is 821 g/mol. The highest BCUT2D eigenvalue weighted by Gasteiger charge is 2.58. The summed E-state index contributed by atoms with van der Waals surface area (Å²) >= 11 is 0. The first kappa shape index (κ1) is 51.6. The van der Waals surface area contributed by atoms with Gasteiger partial charge in [-0.1, -0.05) is 177 Å². The van der Waals surface area contributed by atoms with Gasteiger partial charge in [-0.3, -0.25) is 42.5 Å². The Labute approximate surface area is 413 Å². The molecule has 16 atom stereocenters. The fourth-order valence-electron chi connectivity index (χ4n) is 18.8. The summed E-state index contributed by atoms with van der Waals surface area (Å²) in [5.74, 6) is 13.6. The molecule has 0 spiro atoms. The predicted molar refractivity (Wildman–Crippen MR) is 281 cm³/mol. The van der Waals surface area contributed by atoms with Crippen LogP contribution in [0.25, 0.3) is 0 Å². The molecule has 5 heterocycles. The van der Waals surface area contributed by atoms with E-state index in [1.807, 2.05) is 13.8 Å². The van der Waals surface area contributed by atoms with E-state index in [0.29, 0.717) is 49.3 Å². The minimum absolute atomic E-state index is 0.411. The van der Waals surface area contributed by atoms with Gasteiger partial charge in [-0.05, 0) is 146 Å². The molecule has 0 aromatic carbocycles. The molecule has 8 aliphatic carbocycles. The quantitative estimate of drug-likeness (QED) is 0.122. The Kier molecular flexibility index (Phi) is 18.6. The van der Waals surface area contributed by atoms with E-state index in [1.165, 1.54) is 173 Å². The van der Waals surface area contributed by atoms with Crippen molar-refractivity contribution in [1.82, 2.24) is 42.5 Å². The molecule has 0 radical (unpaired) electrons. The molecule has 0 aromatic heterocycles. The number of hydrogen-bond donors (Lipinski definition) is 8. The Morgan fingerprint density at radius 3 is 0.433 bits per heavy atom. The van der Waals surface area contributed by atoms with E-state index in [-0.39, 0.29) is 0 Å². The van der Waals surface area contributed by atoms with Crippen LogP contribution in [0.5, 0.6) is 0 Å². The lowest BCUT2D eigenvalue weighted by molar-refractivity contribution is 0.0496. The zero-order valence-corrected chi connectivity index (χ0v) is 44.9. The van der Waals surface area contributed by atoms with Crippen molar-refractivity contribution in [1.29, 1.82) is 0 Å². The summed E-state index contributed by atoms with van der Waals surface area (Å²) in [4.78, 5) is 0. The van der Waals surface area contributed by atoms with E-state index >= 15 is 0 Å². The van der Waals surface area contributed by atoms with Crippen LogP contribution in [0, 0.1) is 94.7 Å². The zero-order valence-electron chi connectivity index (χ0n) is 44.9. The maximum Gasteiger partial charge on any atom is 0.0628 e. The van der Waals surface area contributed by atoms with E-state index < -0.39 is 0 Å². The van der Waals surface area contributed by atoms with Crippen molar-refractivity contribution in [2.75, 3.05) is 0 Å². The molecule has 16 unspecified atom stereocenters. The Morgan fingerprint density at radius 1 is 0.224 bits per heavy atom. The van der Waals surface area contributed by atoms with Crippen molar-refractivity contribution in [3.8, 4) is 0 Å². The van der Waals surface area contributed by atoms with E-state index in [1.54, 1.807) is 0 Å². The summed E-state index contributed by atoms with van der Waals surface area (Å²) in [5, 5.41) is 35.9. The van der Waals surface area contributed by atoms with Gasteiger partial charge in [0.05, 0.1) is 49.3 Å². The second-order valence-corrected chi connectivity index (χ2v) is 25.7. The Morgan fingerprint density at radius 2 is 0.328 bits per heavy atom. The van der Waals surface area contributed by atoms with Crippen LogP contribution < -0.4 is 42.5 Å². The van der Waals surface area contributed by atoms with Crippen molar-refractivity contribution < 1.29 is 0 Å². The first-order valence-electron chi connectivity index (χ1n) is 31.0. The van der Waals surface area contributed by atoms with Crippen molar-refractivity contribution in [3.05, 3.63) is 0 Å². The van der Waals surface area contributed by atoms with Crippen LogP contribution in [0.3, 0.4) is 0 Å². The van der Waals surface area contributed by atoms with Gasteiger partial charge in [0, 0.05) is 0 Å². The number of nitrogens with one attached hydrogen (secondary N) is 8. The average molecular weight is 932 g/mol. The lowest BCUT2D eigenvalue weighted by Gasteiger charge is -2.46. The number of fused-ring (bicyclic) bond motifs is 24. The maximum atomic E-state index is 4.53. The topological polar surface area (TPSA) is 96.2 Å². The Hall–Kier alpha value is -0.320. The van der Waals surface area contributed by atoms with Crippen molar-refractivity contribution in [2.24, 2.45) is 94.7 Å². The third-order valence-corrected chi connectivity index (χ3v) is 21.4. The van der Waals surface area contributed by atoms with E-state index in [9.17, 15) is 0 Å². The lowest BCUT2D eigenvalue weighted by Crippen LogP contribution is -2.61. The highest BCUT2D eigenvalue weighted by molar-refractivity contribution is 5.11. The SMILES string of the molecule is C1CCC2CC3C4NC(NC5NC(NC6NC(NC7NC(N4)C4CC8CCCCC8CC74)C4CC7CCCCC7CC64)C4CC6CCCCC6CC54)C3CC2C1.CC.CCC.CCC.CCC. The van der Waals surface area contributed by atoms with E-state index in [4.69, 9.17) is 0 Å². The Bertz CT molecular complexity index is 1170. The third-order valence-electron chi connectivity index (χ3n) is 21.4. The minimum Gasteiger partial charge on any atom is -0.286 e. The van der Waals surface area contributed by atoms with E-state index in [0.717, 1.165) is 94.7 Å². The molecule has 0 aromatic rings. The summed E-state index contributed by atoms with van der Waals surface area (Å²) in [6.45, 7) is 16.8. The molecule has 8 nitrogen and oxygen atoms in total. The summed E-state index contributed by atoms with van der Waals surface area (Å²) in [7, 11) is 0. The largest absolute Gasteiger partial charge is 0.286 e. The minimum atomic E-state index is 0.411. The first-order valence-corrected chi connectivity index (χ1v) is 31.0. The highest BCUT2D eigenvalue weighted by Crippen LogP contribution is 2.55. The van der Waals surface area contributed by atoms with Gasteiger partial charge in [0.1, 0.15) is 0 Å². The molecule has 0 amide bonds. The fourth-order valence-corrected chi connectivity index (χ4v) is 18.8. The molecule has 8 heteroatoms. The molecule has 8 bridgehead atoms. The van der Waals surface area contributed by atoms with E-state index in [2.05, 4.69) is 84.1 Å². The van der Waals surface area contributed by atoms with Crippen molar-refractivity contribution in [3.63, 3.8) is 0 Å². The molecule has 8 N–H and O–H groups in total. The normalized spacial score (nSPS) is 51.0. The van der Waals surface area contributed by atoms with Gasteiger partial charge in [-0.25, -0.2) is 0 Å². The van der Waals surface area contributed by atoms with Crippen LogP contribution in [-0.2, 0) is 0 Å². The second-order valence-electron chi connectivity index (χ2n) is 25.7. The lowest BCUT2D eigenvalue weighted by atomic mass is 9.62. The highest BCUT2D eigenvalue weighted by atomic mass is 15.4. The van der Waals surface area contributed by atoms with Gasteiger partial charge in [-0.2, -0.15) is 0 Å². The summed E-state index contributed by atoms with van der Waals surface area (Å²) in [6.07, 6.45) is 42.3. The smallest absolute Gasteiger partial charge is 0.0628 e. The van der Waals surface area contributed by atoms with Crippen molar-refractivity contribution in [2.45, 2.75) is 278 Å². The molecule has 5 aliphatic heterocycles. The molecule has 8 saturated carbocycles. The fraction of sp³-hybridized carbons (Fsp3) is 1.00. The van der Waals surface area contributed by atoms with Gasteiger partial charge in [0.25, 0.3) is 0 Å². The molecule has 67 heavy (non-hydrogen) atoms. The second kappa shape index (κ2) is 24.1. The van der Waals surface area contributed by atoms with Gasteiger partial charge in [0.15, 0.2) is 0 Å². The monoisotopic (exact) mass is 931 g/mol. The standard InChI is InChI=1S/C48H80N8.3C3H8.C2H6/c1-2-10-26-18-34-33(17-25(26)9-1)41-49-42(34)54-44-37-21-29-13-5-6-14-30(29)22-38(37)46(51-44)56-48-40-24-32-16-8-7-15-31(32)23-39(40)47(52-48)55-45-36-20-28-12-4-3-11-27(28)19-35(36)43(50-45)53-41;3*1-3-2;1-2/h25-56H,1-24H2;3*3H2,1-2H3;1-2H3. The summed E-state index contributed by atoms with van der Waals surface area (Å²) < 4.78 is 0. The summed E-state index contributed by atoms with van der Waals surface area (Å²) in [5.41, 5.74) is 0. The van der Waals surface area contributed by atoms with Crippen LogP contribution in [0.4, 0.5) is 0 Å². The maximum absolute atomic E-state index is 4.53. The number of hydrogen-bond acceptors (Lipinski definition) is 8. The number of rotatable bonds is 0. The average Bonchev–Trinajstić information content (AvgIpc) is 4.07. The molecule has 386 valence electrons. The van der Waals surface area contributed by atoms with Gasteiger partial charge in [-0.15, -0.1) is 0 Å². The van der Waals surface area contributed by atoms with Crippen molar-refractivity contribution >= 4 is 0 Å². The van der Waals surface area contributed by atoms with Gasteiger partial charge < -0.3 is 0 Å². The van der Waals surface area contributed by atoms with Gasteiger partial charge in [0.2, 0.25) is 0 Å². The third kappa shape index (κ3) is 11.0. The molecule has 13 aliphatic rings. The van der Waals surface area contributed by atoms with Crippen LogP contribution in [0.1, 0.15) is 229 Å². The zero-order chi connectivity index (χ0) is 46.6. The Balaban J connectivity index is 0.000000472. The van der Waals surface area contributed by atoms with Crippen LogP contribution >= 0.6 is 0 Å². The summed E-state index contributed by atoms with van der Waals surface area (Å²) in [6, 6.07) is 0. The molecular formula is C59H110N8. The molecule has 13 fully saturated rings. The molecule has 13 rings (SSSR count). The molecule has 5 saturated heterocycles. The van der Waals surface area contributed by atoms with Crippen LogP contribution in [0.2, 0.25) is 0 Å².